The molecule has 0 radical (unpaired) electrons. The number of amides is 1. The van der Waals surface area contributed by atoms with Crippen LogP contribution < -0.4 is 19.7 Å². The Morgan fingerprint density at radius 1 is 1.30 bits per heavy atom. The van der Waals surface area contributed by atoms with Crippen LogP contribution in [0.2, 0.25) is 0 Å². The van der Waals surface area contributed by atoms with Gasteiger partial charge in [0, 0.05) is 23.9 Å². The molecule has 7 nitrogen and oxygen atoms in total. The van der Waals surface area contributed by atoms with Crippen molar-refractivity contribution in [2.75, 3.05) is 39.4 Å². The Morgan fingerprint density at radius 3 is 2.45 bits per heavy atom. The minimum absolute atomic E-state index is 0.0817. The first kappa shape index (κ1) is 24.4. The highest BCUT2D eigenvalue weighted by atomic mass is 19.1. The number of rotatable bonds is 8. The van der Waals surface area contributed by atoms with Crippen molar-refractivity contribution < 1.29 is 28.5 Å². The number of methoxy groups -OCH3 is 2. The third-order valence-electron chi connectivity index (χ3n) is 6.00. The number of aromatic hydroxyl groups is 1. The van der Waals surface area contributed by atoms with Gasteiger partial charge in [-0.2, -0.15) is 0 Å². The van der Waals surface area contributed by atoms with Crippen LogP contribution in [-0.2, 0) is 4.74 Å². The molecule has 0 spiro atoms. The molecule has 0 saturated carbocycles. The Bertz CT molecular complexity index is 1080. The average molecular weight is 459 g/mol. The van der Waals surface area contributed by atoms with Crippen LogP contribution in [0.3, 0.4) is 0 Å². The number of aryl methyl sites for hydroxylation is 1. The minimum Gasteiger partial charge on any atom is -0.502 e. The molecule has 178 valence electrons. The van der Waals surface area contributed by atoms with Crippen LogP contribution in [0.1, 0.15) is 41.4 Å². The van der Waals surface area contributed by atoms with Gasteiger partial charge in [-0.25, -0.2) is 4.39 Å². The standard InChI is InChI=1S/C25H31FN2O5/c1-14(2)21(17-11-19(31-6)23(32-7)22(29)20(17)26)28(25(4)12-33-13-25)18-10-16(24(30)27-5)9-8-15(18)3/h8-11,21,29H,1,12-13H2,2-7H3,(H,27,30). The Kier molecular flexibility index (Phi) is 6.88. The number of hydrogen-bond donors (Lipinski definition) is 2. The van der Waals surface area contributed by atoms with Gasteiger partial charge in [0.25, 0.3) is 5.91 Å². The Hall–Kier alpha value is -3.26. The molecule has 2 N–H and O–H groups in total. The van der Waals surface area contributed by atoms with Gasteiger partial charge in [0.1, 0.15) is 0 Å². The predicted octanol–water partition coefficient (Wildman–Crippen LogP) is 4.13. The van der Waals surface area contributed by atoms with E-state index in [9.17, 15) is 9.90 Å². The molecule has 33 heavy (non-hydrogen) atoms. The highest BCUT2D eigenvalue weighted by Gasteiger charge is 2.45. The molecular formula is C25H31FN2O5. The molecule has 0 bridgehead atoms. The Labute approximate surface area is 193 Å². The summed E-state index contributed by atoms with van der Waals surface area (Å²) in [5.74, 6) is -1.57. The number of nitrogens with zero attached hydrogens (tertiary/aromatic N) is 1. The van der Waals surface area contributed by atoms with E-state index >= 15 is 4.39 Å². The number of nitrogens with one attached hydrogen (secondary N) is 1. The van der Waals surface area contributed by atoms with Crippen LogP contribution in [0, 0.1) is 12.7 Å². The number of anilines is 1. The first-order valence-electron chi connectivity index (χ1n) is 10.6. The molecule has 2 aromatic carbocycles. The SMILES string of the molecule is C=C(C)C(c1cc(OC)c(OC)c(O)c1F)N(c1cc(C(=O)NC)ccc1C)C1(C)COC1. The van der Waals surface area contributed by atoms with Gasteiger partial charge in [-0.1, -0.05) is 18.2 Å². The second-order valence-electron chi connectivity index (χ2n) is 8.55. The topological polar surface area (TPSA) is 80.3 Å². The maximum absolute atomic E-state index is 15.6. The normalized spacial score (nSPS) is 15.2. The first-order valence-corrected chi connectivity index (χ1v) is 10.6. The molecule has 1 atom stereocenters. The van der Waals surface area contributed by atoms with Crippen LogP contribution in [0.4, 0.5) is 10.1 Å². The van der Waals surface area contributed by atoms with Gasteiger partial charge in [-0.05, 0) is 44.5 Å². The van der Waals surface area contributed by atoms with Crippen molar-refractivity contribution in [3.8, 4) is 17.2 Å². The van der Waals surface area contributed by atoms with Gasteiger partial charge in [-0.3, -0.25) is 4.79 Å². The second-order valence-corrected chi connectivity index (χ2v) is 8.55. The third-order valence-corrected chi connectivity index (χ3v) is 6.00. The van der Waals surface area contributed by atoms with E-state index in [1.165, 1.54) is 20.3 Å². The van der Waals surface area contributed by atoms with E-state index in [1.807, 2.05) is 24.8 Å². The zero-order valence-electron chi connectivity index (χ0n) is 19.9. The summed E-state index contributed by atoms with van der Waals surface area (Å²) >= 11 is 0. The molecule has 1 saturated heterocycles. The zero-order chi connectivity index (χ0) is 24.5. The molecule has 1 aliphatic rings. The molecule has 1 fully saturated rings. The average Bonchev–Trinajstić information content (AvgIpc) is 2.77. The number of carbonyl (C=O) groups is 1. The summed E-state index contributed by atoms with van der Waals surface area (Å²) in [6.07, 6.45) is 0. The lowest BCUT2D eigenvalue weighted by atomic mass is 9.87. The van der Waals surface area contributed by atoms with Gasteiger partial charge >= 0.3 is 0 Å². The third kappa shape index (κ3) is 4.23. The number of hydrogen-bond acceptors (Lipinski definition) is 6. The molecule has 2 aromatic rings. The number of phenolic OH excluding ortho intramolecular Hbond substituents is 1. The van der Waals surface area contributed by atoms with E-state index in [1.54, 1.807) is 26.1 Å². The minimum atomic E-state index is -0.824. The summed E-state index contributed by atoms with van der Waals surface area (Å²) < 4.78 is 31.6. The van der Waals surface area contributed by atoms with E-state index in [0.717, 1.165) is 11.3 Å². The van der Waals surface area contributed by atoms with Crippen LogP contribution in [0.25, 0.3) is 0 Å². The van der Waals surface area contributed by atoms with E-state index in [2.05, 4.69) is 11.9 Å². The van der Waals surface area contributed by atoms with E-state index in [-0.39, 0.29) is 23.0 Å². The largest absolute Gasteiger partial charge is 0.502 e. The molecule has 1 aliphatic heterocycles. The number of halogens is 1. The molecule has 0 aliphatic carbocycles. The molecule has 3 rings (SSSR count). The predicted molar refractivity (Wildman–Crippen MR) is 125 cm³/mol. The maximum atomic E-state index is 15.6. The fourth-order valence-corrected chi connectivity index (χ4v) is 4.23. The van der Waals surface area contributed by atoms with Crippen molar-refractivity contribution in [1.29, 1.82) is 0 Å². The van der Waals surface area contributed by atoms with Crippen LogP contribution in [-0.4, -0.2) is 51.0 Å². The lowest BCUT2D eigenvalue weighted by Crippen LogP contribution is -2.62. The summed E-state index contributed by atoms with van der Waals surface area (Å²) in [7, 11) is 4.32. The van der Waals surface area contributed by atoms with Crippen molar-refractivity contribution in [3.05, 3.63) is 58.9 Å². The highest BCUT2D eigenvalue weighted by molar-refractivity contribution is 5.95. The van der Waals surface area contributed by atoms with Gasteiger partial charge < -0.3 is 29.5 Å². The Morgan fingerprint density at radius 2 is 1.97 bits per heavy atom. The fourth-order valence-electron chi connectivity index (χ4n) is 4.23. The summed E-state index contributed by atoms with van der Waals surface area (Å²) in [4.78, 5) is 14.4. The van der Waals surface area contributed by atoms with Crippen LogP contribution in [0.15, 0.2) is 36.4 Å². The number of phenols is 1. The van der Waals surface area contributed by atoms with E-state index in [0.29, 0.717) is 24.4 Å². The summed E-state index contributed by atoms with van der Waals surface area (Å²) in [5, 5.41) is 13.2. The summed E-state index contributed by atoms with van der Waals surface area (Å²) in [5.41, 5.74) is 2.41. The monoisotopic (exact) mass is 458 g/mol. The van der Waals surface area contributed by atoms with Crippen molar-refractivity contribution >= 4 is 11.6 Å². The number of ether oxygens (including phenoxy) is 3. The van der Waals surface area contributed by atoms with Crippen molar-refractivity contribution in [2.45, 2.75) is 32.4 Å². The molecule has 8 heteroatoms. The molecular weight excluding hydrogens is 427 g/mol. The maximum Gasteiger partial charge on any atom is 0.251 e. The summed E-state index contributed by atoms with van der Waals surface area (Å²) in [6, 6.07) is 6.21. The highest BCUT2D eigenvalue weighted by Crippen LogP contribution is 2.48. The lowest BCUT2D eigenvalue weighted by molar-refractivity contribution is -0.0507. The molecule has 0 aromatic heterocycles. The lowest BCUT2D eigenvalue weighted by Gasteiger charge is -2.53. The van der Waals surface area contributed by atoms with Crippen LogP contribution in [0.5, 0.6) is 17.2 Å². The molecule has 1 amide bonds. The second kappa shape index (κ2) is 9.31. The van der Waals surface area contributed by atoms with Gasteiger partial charge in [-0.15, -0.1) is 0 Å². The van der Waals surface area contributed by atoms with Crippen molar-refractivity contribution in [2.24, 2.45) is 0 Å². The van der Waals surface area contributed by atoms with Gasteiger partial charge in [0.2, 0.25) is 5.75 Å². The van der Waals surface area contributed by atoms with E-state index < -0.39 is 23.1 Å². The van der Waals surface area contributed by atoms with E-state index in [4.69, 9.17) is 14.2 Å². The molecule has 1 heterocycles. The summed E-state index contributed by atoms with van der Waals surface area (Å²) in [6.45, 7) is 10.7. The zero-order valence-corrected chi connectivity index (χ0v) is 19.9. The number of benzene rings is 2. The van der Waals surface area contributed by atoms with Crippen molar-refractivity contribution in [1.82, 2.24) is 5.32 Å². The van der Waals surface area contributed by atoms with Crippen molar-refractivity contribution in [3.63, 3.8) is 0 Å². The number of carbonyl (C=O) groups excluding carboxylic acids is 1. The quantitative estimate of drug-likeness (QED) is 0.579. The Balaban J connectivity index is 2.30. The van der Waals surface area contributed by atoms with Crippen LogP contribution >= 0.6 is 0 Å². The molecule has 1 unspecified atom stereocenters. The first-order chi connectivity index (χ1) is 15.6. The van der Waals surface area contributed by atoms with Gasteiger partial charge in [0.15, 0.2) is 17.3 Å². The van der Waals surface area contributed by atoms with Gasteiger partial charge in [0.05, 0.1) is 39.0 Å². The fraction of sp³-hybridized carbons (Fsp3) is 0.400. The smallest absolute Gasteiger partial charge is 0.251 e.